The van der Waals surface area contributed by atoms with Crippen LogP contribution in [0.3, 0.4) is 0 Å². The summed E-state index contributed by atoms with van der Waals surface area (Å²) >= 11 is 1.67. The summed E-state index contributed by atoms with van der Waals surface area (Å²) in [5.41, 5.74) is 1.45. The van der Waals surface area contributed by atoms with Crippen molar-refractivity contribution in [1.82, 2.24) is 4.90 Å². The van der Waals surface area contributed by atoms with Crippen molar-refractivity contribution in [2.45, 2.75) is 13.1 Å². The van der Waals surface area contributed by atoms with Crippen molar-refractivity contribution < 1.29 is 14.3 Å². The zero-order valence-electron chi connectivity index (χ0n) is 9.42. The number of hydrogen-bond acceptors (Lipinski definition) is 4. The minimum Gasteiger partial charge on any atom is -0.478 e. The molecule has 2 aromatic rings. The summed E-state index contributed by atoms with van der Waals surface area (Å²) in [5, 5.41) is 12.9. The normalized spacial score (nSPS) is 10.9. The number of hydrogen-bond donors (Lipinski definition) is 1. The highest BCUT2D eigenvalue weighted by Gasteiger charge is 2.10. The standard InChI is InChI=1S/C12H13NO3S/c1-13(5-9-2-3-17-8-9)6-11-4-10(7-16-11)12(14)15/h2-4,7-8H,5-6H2,1H3,(H,14,15). The fourth-order valence-corrected chi connectivity index (χ4v) is 2.25. The Labute approximate surface area is 103 Å². The number of thiophene rings is 1. The van der Waals surface area contributed by atoms with Crippen LogP contribution in [0.1, 0.15) is 21.7 Å². The Balaban J connectivity index is 1.93. The van der Waals surface area contributed by atoms with Gasteiger partial charge in [-0.05, 0) is 35.5 Å². The van der Waals surface area contributed by atoms with E-state index in [9.17, 15) is 4.79 Å². The highest BCUT2D eigenvalue weighted by Crippen LogP contribution is 2.13. The zero-order valence-corrected chi connectivity index (χ0v) is 10.2. The summed E-state index contributed by atoms with van der Waals surface area (Å²) in [6.07, 6.45) is 1.27. The Bertz CT molecular complexity index is 490. The van der Waals surface area contributed by atoms with E-state index in [4.69, 9.17) is 9.52 Å². The molecule has 0 amide bonds. The number of carboxylic acid groups (broad SMARTS) is 1. The second kappa shape index (κ2) is 5.16. The largest absolute Gasteiger partial charge is 0.478 e. The molecule has 2 rings (SSSR count). The molecule has 0 aliphatic heterocycles. The molecule has 4 nitrogen and oxygen atoms in total. The van der Waals surface area contributed by atoms with Crippen LogP contribution >= 0.6 is 11.3 Å². The first-order valence-corrected chi connectivity index (χ1v) is 6.10. The first-order chi connectivity index (χ1) is 8.15. The molecule has 0 aromatic carbocycles. The number of carboxylic acids is 1. The summed E-state index contributed by atoms with van der Waals surface area (Å²) < 4.78 is 5.20. The van der Waals surface area contributed by atoms with Crippen LogP contribution in [-0.4, -0.2) is 23.0 Å². The molecule has 0 fully saturated rings. The Morgan fingerprint density at radius 3 is 2.94 bits per heavy atom. The van der Waals surface area contributed by atoms with Gasteiger partial charge in [-0.2, -0.15) is 11.3 Å². The van der Waals surface area contributed by atoms with Gasteiger partial charge in [-0.3, -0.25) is 4.90 Å². The maximum atomic E-state index is 10.7. The third-order valence-electron chi connectivity index (χ3n) is 2.36. The number of rotatable bonds is 5. The monoisotopic (exact) mass is 251 g/mol. The predicted molar refractivity (Wildman–Crippen MR) is 65.2 cm³/mol. The molecular formula is C12H13NO3S. The molecule has 0 atom stereocenters. The first kappa shape index (κ1) is 11.9. The van der Waals surface area contributed by atoms with Gasteiger partial charge in [0.1, 0.15) is 12.0 Å². The average molecular weight is 251 g/mol. The van der Waals surface area contributed by atoms with E-state index in [0.717, 1.165) is 6.54 Å². The lowest BCUT2D eigenvalue weighted by Gasteiger charge is -2.13. The first-order valence-electron chi connectivity index (χ1n) is 5.15. The molecule has 90 valence electrons. The highest BCUT2D eigenvalue weighted by atomic mass is 32.1. The van der Waals surface area contributed by atoms with Crippen LogP contribution in [0, 0.1) is 0 Å². The van der Waals surface area contributed by atoms with Crippen LogP contribution in [0.5, 0.6) is 0 Å². The van der Waals surface area contributed by atoms with Gasteiger partial charge in [-0.25, -0.2) is 4.79 Å². The Morgan fingerprint density at radius 2 is 2.35 bits per heavy atom. The zero-order chi connectivity index (χ0) is 12.3. The lowest BCUT2D eigenvalue weighted by atomic mass is 10.3. The summed E-state index contributed by atoms with van der Waals surface area (Å²) in [6, 6.07) is 3.64. The number of nitrogens with zero attached hydrogens (tertiary/aromatic N) is 1. The summed E-state index contributed by atoms with van der Waals surface area (Å²) in [5.74, 6) is -0.291. The molecule has 5 heteroatoms. The molecular weight excluding hydrogens is 238 g/mol. The van der Waals surface area contributed by atoms with Crippen molar-refractivity contribution in [3.05, 3.63) is 46.0 Å². The van der Waals surface area contributed by atoms with Crippen LogP contribution in [-0.2, 0) is 13.1 Å². The Hall–Kier alpha value is -1.59. The van der Waals surface area contributed by atoms with Crippen molar-refractivity contribution in [2.75, 3.05) is 7.05 Å². The summed E-state index contributed by atoms with van der Waals surface area (Å²) in [6.45, 7) is 1.43. The van der Waals surface area contributed by atoms with Gasteiger partial charge < -0.3 is 9.52 Å². The van der Waals surface area contributed by atoms with Crippen LogP contribution < -0.4 is 0 Å². The van der Waals surface area contributed by atoms with Crippen molar-refractivity contribution in [2.24, 2.45) is 0 Å². The van der Waals surface area contributed by atoms with E-state index in [-0.39, 0.29) is 5.56 Å². The molecule has 17 heavy (non-hydrogen) atoms. The van der Waals surface area contributed by atoms with E-state index < -0.39 is 5.97 Å². The number of aromatic carboxylic acids is 1. The second-order valence-electron chi connectivity index (χ2n) is 3.91. The molecule has 0 aliphatic rings. The van der Waals surface area contributed by atoms with Crippen LogP contribution in [0.15, 0.2) is 33.6 Å². The van der Waals surface area contributed by atoms with Gasteiger partial charge in [0.15, 0.2) is 0 Å². The molecule has 1 N–H and O–H groups in total. The fourth-order valence-electron chi connectivity index (χ4n) is 1.59. The van der Waals surface area contributed by atoms with Crippen molar-refractivity contribution in [1.29, 1.82) is 0 Å². The quantitative estimate of drug-likeness (QED) is 0.887. The molecule has 2 heterocycles. The van der Waals surface area contributed by atoms with E-state index in [0.29, 0.717) is 12.3 Å². The molecule has 0 saturated carbocycles. The van der Waals surface area contributed by atoms with Gasteiger partial charge in [-0.15, -0.1) is 0 Å². The molecule has 0 saturated heterocycles. The predicted octanol–water partition coefficient (Wildman–Crippen LogP) is 2.67. The van der Waals surface area contributed by atoms with Gasteiger partial charge in [0.2, 0.25) is 0 Å². The Morgan fingerprint density at radius 1 is 1.53 bits per heavy atom. The van der Waals surface area contributed by atoms with E-state index >= 15 is 0 Å². The van der Waals surface area contributed by atoms with Gasteiger partial charge >= 0.3 is 5.97 Å². The lowest BCUT2D eigenvalue weighted by Crippen LogP contribution is -2.16. The number of furan rings is 1. The minimum absolute atomic E-state index is 0.198. The van der Waals surface area contributed by atoms with E-state index in [1.54, 1.807) is 17.4 Å². The summed E-state index contributed by atoms with van der Waals surface area (Å²) in [4.78, 5) is 12.8. The van der Waals surface area contributed by atoms with Crippen LogP contribution in [0.2, 0.25) is 0 Å². The third kappa shape index (κ3) is 3.18. The molecule has 2 aromatic heterocycles. The van der Waals surface area contributed by atoms with Gasteiger partial charge in [0.25, 0.3) is 0 Å². The van der Waals surface area contributed by atoms with Gasteiger partial charge in [0, 0.05) is 6.54 Å². The minimum atomic E-state index is -0.958. The smallest absolute Gasteiger partial charge is 0.338 e. The maximum Gasteiger partial charge on any atom is 0.338 e. The van der Waals surface area contributed by atoms with Crippen LogP contribution in [0.4, 0.5) is 0 Å². The molecule has 0 bridgehead atoms. The number of carbonyl (C=O) groups is 1. The van der Waals surface area contributed by atoms with Crippen LogP contribution in [0.25, 0.3) is 0 Å². The van der Waals surface area contributed by atoms with Gasteiger partial charge in [0.05, 0.1) is 12.1 Å². The SMILES string of the molecule is CN(Cc1ccsc1)Cc1cc(C(=O)O)co1. The van der Waals surface area contributed by atoms with E-state index in [1.807, 2.05) is 12.4 Å². The van der Waals surface area contributed by atoms with E-state index in [1.165, 1.54) is 11.8 Å². The third-order valence-corrected chi connectivity index (χ3v) is 3.09. The molecule has 0 aliphatic carbocycles. The lowest BCUT2D eigenvalue weighted by molar-refractivity contribution is 0.0696. The van der Waals surface area contributed by atoms with Crippen molar-refractivity contribution in [3.8, 4) is 0 Å². The molecule has 0 spiro atoms. The molecule has 0 radical (unpaired) electrons. The highest BCUT2D eigenvalue weighted by molar-refractivity contribution is 7.07. The molecule has 0 unspecified atom stereocenters. The average Bonchev–Trinajstić information content (AvgIpc) is 2.88. The van der Waals surface area contributed by atoms with E-state index in [2.05, 4.69) is 16.3 Å². The second-order valence-corrected chi connectivity index (χ2v) is 4.69. The summed E-state index contributed by atoms with van der Waals surface area (Å²) in [7, 11) is 1.97. The van der Waals surface area contributed by atoms with Gasteiger partial charge in [-0.1, -0.05) is 0 Å². The van der Waals surface area contributed by atoms with Crippen molar-refractivity contribution in [3.63, 3.8) is 0 Å². The topological polar surface area (TPSA) is 53.7 Å². The van der Waals surface area contributed by atoms with Crippen molar-refractivity contribution >= 4 is 17.3 Å². The Kier molecular flexibility index (Phi) is 3.61. The maximum absolute atomic E-state index is 10.7. The fraction of sp³-hybridized carbons (Fsp3) is 0.250.